The molecule has 9 nitrogen and oxygen atoms in total. The van der Waals surface area contributed by atoms with E-state index in [1.165, 1.54) is 4.90 Å². The lowest BCUT2D eigenvalue weighted by Gasteiger charge is -2.16. The van der Waals surface area contributed by atoms with E-state index in [9.17, 15) is 9.59 Å². The van der Waals surface area contributed by atoms with E-state index in [-0.39, 0.29) is 18.5 Å². The van der Waals surface area contributed by atoms with Gasteiger partial charge in [-0.2, -0.15) is 0 Å². The largest absolute Gasteiger partial charge is 0.376 e. The Bertz CT molecular complexity index is 1450. The second kappa shape index (κ2) is 14.9. The Hall–Kier alpha value is -2.76. The van der Waals surface area contributed by atoms with Crippen molar-refractivity contribution in [3.8, 4) is 0 Å². The van der Waals surface area contributed by atoms with E-state index in [2.05, 4.69) is 65.6 Å². The molecule has 11 heteroatoms. The molecule has 6 heterocycles. The molecule has 2 saturated heterocycles. The molecule has 3 N–H and O–H groups in total. The second-order valence-corrected chi connectivity index (χ2v) is 12.3. The predicted molar refractivity (Wildman–Crippen MR) is 168 cm³/mol. The molecule has 4 aromatic rings. The van der Waals surface area contributed by atoms with Gasteiger partial charge < -0.3 is 24.9 Å². The van der Waals surface area contributed by atoms with Gasteiger partial charge in [-0.1, -0.05) is 26.7 Å². The number of hydrogen-bond acceptors (Lipinski definition) is 5. The summed E-state index contributed by atoms with van der Waals surface area (Å²) < 4.78 is 1.68. The summed E-state index contributed by atoms with van der Waals surface area (Å²) in [5.74, 6) is 1.40. The zero-order valence-electron chi connectivity index (χ0n) is 23.6. The molecule has 0 radical (unpaired) electrons. The number of aromatic amines is 2. The fourth-order valence-electron chi connectivity index (χ4n) is 5.48. The highest BCUT2D eigenvalue weighted by molar-refractivity contribution is 9.10. The zero-order chi connectivity index (χ0) is 29.4. The van der Waals surface area contributed by atoms with E-state index < -0.39 is 0 Å². The van der Waals surface area contributed by atoms with E-state index in [0.717, 1.165) is 75.6 Å². The number of nitrogens with zero attached hydrogens (tertiary/aromatic N) is 4. The zero-order valence-corrected chi connectivity index (χ0v) is 26.7. The number of aromatic nitrogens is 4. The summed E-state index contributed by atoms with van der Waals surface area (Å²) in [5, 5.41) is 11.0. The molecule has 2 atom stereocenters. The van der Waals surface area contributed by atoms with Crippen LogP contribution in [-0.2, 0) is 16.1 Å². The Balaban J connectivity index is 0.000000156. The van der Waals surface area contributed by atoms with Crippen molar-refractivity contribution in [3.63, 3.8) is 0 Å². The fourth-order valence-corrected chi connectivity index (χ4v) is 6.10. The summed E-state index contributed by atoms with van der Waals surface area (Å²) in [6, 6.07) is 9.92. The molecule has 2 fully saturated rings. The molecule has 0 spiro atoms. The highest BCUT2D eigenvalue weighted by Gasteiger charge is 2.29. The monoisotopic (exact) mass is 688 g/mol. The molecule has 2 amide bonds. The van der Waals surface area contributed by atoms with Crippen LogP contribution in [0.25, 0.3) is 22.1 Å². The van der Waals surface area contributed by atoms with Crippen LogP contribution in [0.2, 0.25) is 0 Å². The standard InChI is InChI=1S/C15H18BrN3O.C8H15NO2.C7H5BrN2/c1-2-3-10-6-14(20)19(8-10)9-11-7-17-15-12(11)4-5-13(16)18-15;1-2-3-7-4-8(11)9(5-7)6-10;8-6-2-1-5-3-4-9-7(5)10-6/h4-5,7,10H,2-3,6,8-9H2,1H3,(H,17,18);7,10H,2-6H2,1H3;1-4H,(H,9,10). The number of carbonyl (C=O) groups excluding carboxylic acids is 2. The first-order valence-corrected chi connectivity index (χ1v) is 15.8. The summed E-state index contributed by atoms with van der Waals surface area (Å²) in [6.07, 6.45) is 9.70. The van der Waals surface area contributed by atoms with Gasteiger partial charge in [0.1, 0.15) is 27.2 Å². The number of likely N-dealkylation sites (tertiary alicyclic amines) is 2. The normalized spacial score (nSPS) is 18.6. The molecule has 6 rings (SSSR count). The van der Waals surface area contributed by atoms with Gasteiger partial charge in [-0.3, -0.25) is 9.59 Å². The van der Waals surface area contributed by atoms with Gasteiger partial charge in [-0.05, 0) is 92.4 Å². The molecule has 2 aliphatic heterocycles. The maximum Gasteiger partial charge on any atom is 0.224 e. The molecule has 0 saturated carbocycles. The van der Waals surface area contributed by atoms with E-state index in [1.54, 1.807) is 0 Å². The van der Waals surface area contributed by atoms with Gasteiger partial charge in [-0.25, -0.2) is 9.97 Å². The van der Waals surface area contributed by atoms with Crippen LogP contribution in [0.1, 0.15) is 57.9 Å². The van der Waals surface area contributed by atoms with E-state index >= 15 is 0 Å². The summed E-state index contributed by atoms with van der Waals surface area (Å²) in [6.45, 7) is 6.51. The summed E-state index contributed by atoms with van der Waals surface area (Å²) in [7, 11) is 0. The number of fused-ring (bicyclic) bond motifs is 2. The third-order valence-corrected chi connectivity index (χ3v) is 8.36. The van der Waals surface area contributed by atoms with Gasteiger partial charge in [0, 0.05) is 55.6 Å². The summed E-state index contributed by atoms with van der Waals surface area (Å²) in [4.78, 5) is 41.4. The molecule has 2 aliphatic rings. The maximum absolute atomic E-state index is 12.1. The number of rotatable bonds is 7. The summed E-state index contributed by atoms with van der Waals surface area (Å²) in [5.41, 5.74) is 2.94. The van der Waals surface area contributed by atoms with Crippen molar-refractivity contribution in [1.29, 1.82) is 0 Å². The van der Waals surface area contributed by atoms with Crippen LogP contribution in [0.5, 0.6) is 0 Å². The third-order valence-electron chi connectivity index (χ3n) is 7.48. The van der Waals surface area contributed by atoms with Crippen molar-refractivity contribution in [2.75, 3.05) is 19.8 Å². The molecule has 4 aromatic heterocycles. The van der Waals surface area contributed by atoms with Crippen molar-refractivity contribution in [3.05, 3.63) is 57.5 Å². The number of amides is 2. The Kier molecular flexibility index (Phi) is 11.4. The minimum atomic E-state index is -0.112. The molecular formula is C30H38Br2N6O3. The van der Waals surface area contributed by atoms with E-state index in [0.29, 0.717) is 31.2 Å². The molecule has 0 aliphatic carbocycles. The Morgan fingerprint density at radius 2 is 1.46 bits per heavy atom. The Morgan fingerprint density at radius 3 is 2.10 bits per heavy atom. The fraction of sp³-hybridized carbons (Fsp3) is 0.467. The minimum Gasteiger partial charge on any atom is -0.376 e. The molecular weight excluding hydrogens is 652 g/mol. The van der Waals surface area contributed by atoms with Gasteiger partial charge >= 0.3 is 0 Å². The lowest BCUT2D eigenvalue weighted by atomic mass is 10.0. The highest BCUT2D eigenvalue weighted by Crippen LogP contribution is 2.26. The van der Waals surface area contributed by atoms with Crippen LogP contribution in [0, 0.1) is 11.8 Å². The van der Waals surface area contributed by atoms with Crippen molar-refractivity contribution in [2.24, 2.45) is 11.8 Å². The van der Waals surface area contributed by atoms with Crippen LogP contribution in [0.3, 0.4) is 0 Å². The van der Waals surface area contributed by atoms with Crippen LogP contribution in [0.4, 0.5) is 0 Å². The Labute approximate surface area is 257 Å². The number of pyridine rings is 2. The number of carbonyl (C=O) groups is 2. The smallest absolute Gasteiger partial charge is 0.224 e. The summed E-state index contributed by atoms with van der Waals surface area (Å²) >= 11 is 6.65. The van der Waals surface area contributed by atoms with Gasteiger partial charge in [0.2, 0.25) is 11.8 Å². The number of aliphatic hydroxyl groups excluding tert-OH is 1. The number of hydrogen-bond donors (Lipinski definition) is 3. The predicted octanol–water partition coefficient (Wildman–Crippen LogP) is 6.38. The van der Waals surface area contributed by atoms with Crippen LogP contribution < -0.4 is 0 Å². The first kappa shape index (κ1) is 31.2. The van der Waals surface area contributed by atoms with Crippen LogP contribution >= 0.6 is 31.9 Å². The van der Waals surface area contributed by atoms with Crippen molar-refractivity contribution >= 4 is 65.7 Å². The van der Waals surface area contributed by atoms with Crippen molar-refractivity contribution in [2.45, 2.75) is 58.9 Å². The minimum absolute atomic E-state index is 0.103. The Morgan fingerprint density at radius 1 is 0.854 bits per heavy atom. The van der Waals surface area contributed by atoms with Crippen LogP contribution in [-0.4, -0.2) is 66.5 Å². The van der Waals surface area contributed by atoms with Crippen molar-refractivity contribution < 1.29 is 14.7 Å². The second-order valence-electron chi connectivity index (χ2n) is 10.6. The van der Waals surface area contributed by atoms with E-state index in [4.69, 9.17) is 5.11 Å². The molecule has 41 heavy (non-hydrogen) atoms. The lowest BCUT2D eigenvalue weighted by Crippen LogP contribution is -2.25. The molecule has 220 valence electrons. The molecule has 0 bridgehead atoms. The number of nitrogens with one attached hydrogen (secondary N) is 2. The lowest BCUT2D eigenvalue weighted by molar-refractivity contribution is -0.130. The average molecular weight is 690 g/mol. The topological polar surface area (TPSA) is 118 Å². The van der Waals surface area contributed by atoms with Crippen molar-refractivity contribution in [1.82, 2.24) is 29.7 Å². The van der Waals surface area contributed by atoms with Gasteiger partial charge in [0.05, 0.1) is 0 Å². The molecule has 2 unspecified atom stereocenters. The molecule has 0 aromatic carbocycles. The number of H-pyrrole nitrogens is 2. The van der Waals surface area contributed by atoms with Gasteiger partial charge in [-0.15, -0.1) is 0 Å². The average Bonchev–Trinajstić information content (AvgIpc) is 3.73. The maximum atomic E-state index is 12.1. The van der Waals surface area contributed by atoms with Gasteiger partial charge in [0.15, 0.2) is 0 Å². The number of halogens is 2. The number of aliphatic hydroxyl groups is 1. The quantitative estimate of drug-likeness (QED) is 0.195. The first-order chi connectivity index (χ1) is 19.8. The first-order valence-electron chi connectivity index (χ1n) is 14.2. The van der Waals surface area contributed by atoms with Gasteiger partial charge in [0.25, 0.3) is 0 Å². The SMILES string of the molecule is Brc1ccc2cc[nH]c2n1.CCCC1CC(=O)N(CO)C1.CCCC1CC(=O)N(Cc2c[nH]c3nc(Br)ccc23)C1. The third kappa shape index (κ3) is 8.39. The van der Waals surface area contributed by atoms with E-state index in [1.807, 2.05) is 47.6 Å². The van der Waals surface area contributed by atoms with Crippen LogP contribution in [0.15, 0.2) is 51.9 Å². The highest BCUT2D eigenvalue weighted by atomic mass is 79.9.